The normalized spacial score (nSPS) is 18.9. The second-order valence-corrected chi connectivity index (χ2v) is 8.78. The summed E-state index contributed by atoms with van der Waals surface area (Å²) in [5.74, 6) is 0.0489. The molecule has 1 aliphatic heterocycles. The molecule has 1 fully saturated rings. The van der Waals surface area contributed by atoms with Gasteiger partial charge in [0.2, 0.25) is 0 Å². The number of hydrogen-bond donors (Lipinski definition) is 0. The first-order valence-electron chi connectivity index (χ1n) is 10.7. The third-order valence-corrected chi connectivity index (χ3v) is 6.43. The first-order valence-corrected chi connectivity index (χ1v) is 11.1. The summed E-state index contributed by atoms with van der Waals surface area (Å²) in [5.41, 5.74) is 5.33. The van der Waals surface area contributed by atoms with Crippen molar-refractivity contribution in [2.75, 3.05) is 6.61 Å². The summed E-state index contributed by atoms with van der Waals surface area (Å²) in [4.78, 5) is 23.3. The van der Waals surface area contributed by atoms with E-state index in [0.717, 1.165) is 34.6 Å². The van der Waals surface area contributed by atoms with Gasteiger partial charge in [0, 0.05) is 36.0 Å². The van der Waals surface area contributed by atoms with E-state index in [1.807, 2.05) is 51.5 Å². The van der Waals surface area contributed by atoms with E-state index in [1.165, 1.54) is 0 Å². The number of aromatic nitrogens is 5. The van der Waals surface area contributed by atoms with Gasteiger partial charge in [-0.05, 0) is 62.9 Å². The number of aryl methyl sites for hydroxylation is 3. The van der Waals surface area contributed by atoms with Crippen molar-refractivity contribution in [3.05, 3.63) is 80.6 Å². The molecule has 1 aromatic carbocycles. The van der Waals surface area contributed by atoms with Crippen molar-refractivity contribution in [2.24, 2.45) is 7.05 Å². The molecule has 3 aromatic heterocycles. The van der Waals surface area contributed by atoms with E-state index in [9.17, 15) is 4.79 Å². The van der Waals surface area contributed by atoms with Gasteiger partial charge in [0.15, 0.2) is 5.65 Å². The van der Waals surface area contributed by atoms with E-state index in [-0.39, 0.29) is 17.6 Å². The van der Waals surface area contributed by atoms with Crippen LogP contribution in [0.3, 0.4) is 0 Å². The molecule has 32 heavy (non-hydrogen) atoms. The van der Waals surface area contributed by atoms with Crippen LogP contribution >= 0.6 is 11.6 Å². The van der Waals surface area contributed by atoms with E-state index in [1.54, 1.807) is 21.4 Å². The lowest BCUT2D eigenvalue weighted by Gasteiger charge is -2.29. The molecule has 2 atom stereocenters. The third-order valence-electron chi connectivity index (χ3n) is 6.17. The largest absolute Gasteiger partial charge is 0.373 e. The van der Waals surface area contributed by atoms with Crippen molar-refractivity contribution in [1.29, 1.82) is 0 Å². The Morgan fingerprint density at radius 1 is 1.12 bits per heavy atom. The Bertz CT molecular complexity index is 1360. The van der Waals surface area contributed by atoms with E-state index < -0.39 is 0 Å². The fourth-order valence-electron chi connectivity index (χ4n) is 4.34. The summed E-state index contributed by atoms with van der Waals surface area (Å²) in [7, 11) is 1.89. The zero-order chi connectivity index (χ0) is 22.4. The summed E-state index contributed by atoms with van der Waals surface area (Å²) < 4.78 is 9.45. The van der Waals surface area contributed by atoms with Crippen LogP contribution in [0, 0.1) is 13.8 Å². The van der Waals surface area contributed by atoms with E-state index in [2.05, 4.69) is 5.10 Å². The molecular formula is C24H24ClN5O2. The van der Waals surface area contributed by atoms with Crippen molar-refractivity contribution < 1.29 is 4.74 Å². The number of rotatable bonds is 3. The van der Waals surface area contributed by atoms with Gasteiger partial charge in [-0.15, -0.1) is 0 Å². The maximum absolute atomic E-state index is 13.8. The van der Waals surface area contributed by atoms with Crippen LogP contribution in [0.2, 0.25) is 5.02 Å². The summed E-state index contributed by atoms with van der Waals surface area (Å²) in [6.45, 7) is 4.43. The maximum Gasteiger partial charge on any atom is 0.260 e. The lowest BCUT2D eigenvalue weighted by molar-refractivity contribution is 0.00502. The van der Waals surface area contributed by atoms with Crippen LogP contribution in [-0.4, -0.2) is 30.9 Å². The lowest BCUT2D eigenvalue weighted by atomic mass is 9.87. The van der Waals surface area contributed by atoms with Crippen LogP contribution in [0.5, 0.6) is 0 Å². The van der Waals surface area contributed by atoms with Gasteiger partial charge in [0.05, 0.1) is 29.4 Å². The Labute approximate surface area is 190 Å². The van der Waals surface area contributed by atoms with Crippen molar-refractivity contribution >= 4 is 22.8 Å². The fraction of sp³-hybridized carbons (Fsp3) is 0.333. The number of pyridine rings is 1. The summed E-state index contributed by atoms with van der Waals surface area (Å²) in [6.07, 6.45) is 5.20. The highest BCUT2D eigenvalue weighted by atomic mass is 35.5. The van der Waals surface area contributed by atoms with Gasteiger partial charge in [-0.3, -0.25) is 14.0 Å². The number of benzene rings is 1. The molecule has 7 nitrogen and oxygen atoms in total. The van der Waals surface area contributed by atoms with Gasteiger partial charge in [0.25, 0.3) is 5.56 Å². The molecular weight excluding hydrogens is 426 g/mol. The van der Waals surface area contributed by atoms with Gasteiger partial charge >= 0.3 is 0 Å². The molecule has 0 N–H and O–H groups in total. The summed E-state index contributed by atoms with van der Waals surface area (Å²) in [5, 5.41) is 4.88. The minimum atomic E-state index is -0.0904. The quantitative estimate of drug-likeness (QED) is 0.462. The Balaban J connectivity index is 1.66. The van der Waals surface area contributed by atoms with Crippen LogP contribution in [0.4, 0.5) is 0 Å². The Kier molecular flexibility index (Phi) is 5.31. The second-order valence-electron chi connectivity index (χ2n) is 8.35. The van der Waals surface area contributed by atoms with Crippen molar-refractivity contribution in [3.8, 4) is 5.69 Å². The average Bonchev–Trinajstić information content (AvgIpc) is 3.22. The molecule has 4 heterocycles. The molecule has 1 saturated heterocycles. The molecule has 0 saturated carbocycles. The number of hydrogen-bond acceptors (Lipinski definition) is 5. The number of fused-ring (bicyclic) bond motifs is 1. The first kappa shape index (κ1) is 20.8. The number of nitrogens with zero attached hydrogens (tertiary/aromatic N) is 5. The zero-order valence-electron chi connectivity index (χ0n) is 18.2. The number of ether oxygens (including phenoxy) is 1. The summed E-state index contributed by atoms with van der Waals surface area (Å²) in [6, 6.07) is 9.16. The van der Waals surface area contributed by atoms with Crippen LogP contribution in [0.1, 0.15) is 47.4 Å². The highest BCUT2D eigenvalue weighted by Gasteiger charge is 2.29. The van der Waals surface area contributed by atoms with E-state index >= 15 is 0 Å². The molecule has 4 aromatic rings. The molecule has 0 amide bonds. The van der Waals surface area contributed by atoms with Gasteiger partial charge in [-0.25, -0.2) is 9.97 Å². The van der Waals surface area contributed by atoms with E-state index in [0.29, 0.717) is 29.2 Å². The van der Waals surface area contributed by atoms with Gasteiger partial charge in [0.1, 0.15) is 5.52 Å². The fourth-order valence-corrected chi connectivity index (χ4v) is 4.47. The predicted octanol–water partition coefficient (Wildman–Crippen LogP) is 4.42. The van der Waals surface area contributed by atoms with Gasteiger partial charge in [-0.1, -0.05) is 11.6 Å². The molecule has 164 valence electrons. The van der Waals surface area contributed by atoms with Crippen LogP contribution < -0.4 is 5.56 Å². The Morgan fingerprint density at radius 3 is 2.59 bits per heavy atom. The summed E-state index contributed by atoms with van der Waals surface area (Å²) >= 11 is 6.10. The van der Waals surface area contributed by atoms with Crippen molar-refractivity contribution in [3.63, 3.8) is 0 Å². The Morgan fingerprint density at radius 2 is 1.88 bits per heavy atom. The lowest BCUT2D eigenvalue weighted by Crippen LogP contribution is -2.29. The SMILES string of the molecule is Cc1nc2cc(C3CCOC(c4cnn(C)c4)C3)c(=O)n(-c3ccc(Cl)cc3)c2nc1C. The van der Waals surface area contributed by atoms with Crippen molar-refractivity contribution in [1.82, 2.24) is 24.3 Å². The molecule has 2 unspecified atom stereocenters. The number of halogens is 1. The van der Waals surface area contributed by atoms with Crippen LogP contribution in [0.15, 0.2) is 47.5 Å². The highest BCUT2D eigenvalue weighted by Crippen LogP contribution is 2.37. The average molecular weight is 450 g/mol. The minimum absolute atomic E-state index is 0.0489. The van der Waals surface area contributed by atoms with E-state index in [4.69, 9.17) is 26.3 Å². The molecule has 0 radical (unpaired) electrons. The van der Waals surface area contributed by atoms with Gasteiger partial charge < -0.3 is 4.74 Å². The predicted molar refractivity (Wildman–Crippen MR) is 123 cm³/mol. The van der Waals surface area contributed by atoms with Crippen LogP contribution in [-0.2, 0) is 11.8 Å². The smallest absolute Gasteiger partial charge is 0.260 e. The minimum Gasteiger partial charge on any atom is -0.373 e. The monoisotopic (exact) mass is 449 g/mol. The molecule has 1 aliphatic rings. The van der Waals surface area contributed by atoms with Crippen LogP contribution in [0.25, 0.3) is 16.9 Å². The molecule has 0 aliphatic carbocycles. The van der Waals surface area contributed by atoms with Gasteiger partial charge in [-0.2, -0.15) is 5.10 Å². The highest BCUT2D eigenvalue weighted by molar-refractivity contribution is 6.30. The molecule has 8 heteroatoms. The Hall–Kier alpha value is -3.03. The first-order chi connectivity index (χ1) is 15.4. The molecule has 0 spiro atoms. The third kappa shape index (κ3) is 3.72. The van der Waals surface area contributed by atoms with Crippen molar-refractivity contribution in [2.45, 2.75) is 38.7 Å². The molecule has 0 bridgehead atoms. The molecule has 5 rings (SSSR count). The standard InChI is InChI=1S/C24H24ClN5O2/c1-14-15(2)28-23-21(27-14)11-20(24(31)30(23)19-6-4-18(25)5-7-19)16-8-9-32-22(10-16)17-12-26-29(3)13-17/h4-7,11-13,16,22H,8-10H2,1-3H3. The topological polar surface area (TPSA) is 74.8 Å². The maximum atomic E-state index is 13.8. The second kappa shape index (κ2) is 8.15. The zero-order valence-corrected chi connectivity index (χ0v) is 19.0.